The molecule has 32 heavy (non-hydrogen) atoms. The highest BCUT2D eigenvalue weighted by Gasteiger charge is 2.18. The van der Waals surface area contributed by atoms with E-state index in [1.807, 2.05) is 43.3 Å². The lowest BCUT2D eigenvalue weighted by Crippen LogP contribution is -2.33. The van der Waals surface area contributed by atoms with E-state index in [0.717, 1.165) is 16.8 Å². The molecule has 0 spiro atoms. The number of halogens is 2. The number of nitrogens with one attached hydrogen (secondary N) is 2. The van der Waals surface area contributed by atoms with E-state index in [2.05, 4.69) is 10.6 Å². The number of para-hydroxylation sites is 1. The van der Waals surface area contributed by atoms with Crippen molar-refractivity contribution in [3.05, 3.63) is 87.9 Å². The van der Waals surface area contributed by atoms with Crippen LogP contribution in [-0.2, 0) is 9.84 Å². The number of hydrogen-bond donors (Lipinski definition) is 2. The first-order chi connectivity index (χ1) is 15.1. The second-order valence-corrected chi connectivity index (χ2v) is 10.7. The zero-order valence-corrected chi connectivity index (χ0v) is 20.9. The average Bonchev–Trinajstić information content (AvgIpc) is 2.74. The van der Waals surface area contributed by atoms with Gasteiger partial charge in [-0.05, 0) is 59.7 Å². The lowest BCUT2D eigenvalue weighted by Gasteiger charge is -2.24. The Hall–Kier alpha value is -2.32. The number of rotatable bonds is 6. The van der Waals surface area contributed by atoms with E-state index in [4.69, 9.17) is 35.4 Å². The summed E-state index contributed by atoms with van der Waals surface area (Å²) in [7, 11) is 0.637. The number of sulfone groups is 1. The Labute approximate surface area is 204 Å². The lowest BCUT2D eigenvalue weighted by molar-refractivity contribution is 0.602. The fraction of sp³-hybridized carbons (Fsp3) is 0.174. The molecule has 3 rings (SSSR count). The molecule has 0 aliphatic rings. The van der Waals surface area contributed by atoms with Gasteiger partial charge in [0.15, 0.2) is 14.9 Å². The van der Waals surface area contributed by atoms with Gasteiger partial charge in [-0.15, -0.1) is 0 Å². The van der Waals surface area contributed by atoms with Crippen LogP contribution < -0.4 is 15.5 Å². The van der Waals surface area contributed by atoms with Crippen LogP contribution in [0.1, 0.15) is 17.2 Å². The second-order valence-electron chi connectivity index (χ2n) is 7.46. The second kappa shape index (κ2) is 10.1. The maximum atomic E-state index is 11.9. The van der Waals surface area contributed by atoms with Gasteiger partial charge in [-0.25, -0.2) is 8.42 Å². The quantitative estimate of drug-likeness (QED) is 0.427. The van der Waals surface area contributed by atoms with Gasteiger partial charge in [-0.3, -0.25) is 0 Å². The maximum absolute atomic E-state index is 11.9. The van der Waals surface area contributed by atoms with E-state index in [0.29, 0.717) is 20.8 Å². The summed E-state index contributed by atoms with van der Waals surface area (Å²) < 4.78 is 23.7. The summed E-state index contributed by atoms with van der Waals surface area (Å²) in [5.41, 5.74) is 3.34. The highest BCUT2D eigenvalue weighted by molar-refractivity contribution is 7.90. The van der Waals surface area contributed by atoms with Crippen LogP contribution in [0.5, 0.6) is 0 Å². The molecule has 0 saturated carbocycles. The van der Waals surface area contributed by atoms with E-state index < -0.39 is 9.84 Å². The van der Waals surface area contributed by atoms with Crippen LogP contribution in [-0.4, -0.2) is 33.9 Å². The van der Waals surface area contributed by atoms with Crippen LogP contribution in [0.2, 0.25) is 10.0 Å². The molecule has 2 N–H and O–H groups in total. The molecule has 9 heteroatoms. The van der Waals surface area contributed by atoms with Crippen LogP contribution in [0.3, 0.4) is 0 Å². The molecule has 0 saturated heterocycles. The molecular formula is C23H23Cl2N3O2S2. The van der Waals surface area contributed by atoms with Gasteiger partial charge in [0.05, 0.1) is 26.7 Å². The van der Waals surface area contributed by atoms with Crippen molar-refractivity contribution in [3.8, 4) is 0 Å². The van der Waals surface area contributed by atoms with Gasteiger partial charge in [0, 0.05) is 26.0 Å². The number of thiocarbonyl (C=S) groups is 1. The van der Waals surface area contributed by atoms with Crippen LogP contribution >= 0.6 is 35.4 Å². The third-order valence-electron chi connectivity index (χ3n) is 4.84. The summed E-state index contributed by atoms with van der Waals surface area (Å²) >= 11 is 18.1. The van der Waals surface area contributed by atoms with Gasteiger partial charge < -0.3 is 15.5 Å². The minimum absolute atomic E-state index is 0.255. The van der Waals surface area contributed by atoms with E-state index in [-0.39, 0.29) is 10.9 Å². The molecule has 0 amide bonds. The third-order valence-corrected chi connectivity index (χ3v) is 6.82. The molecular weight excluding hydrogens is 485 g/mol. The monoisotopic (exact) mass is 507 g/mol. The van der Waals surface area contributed by atoms with Crippen LogP contribution in [0, 0.1) is 0 Å². The Morgan fingerprint density at radius 1 is 0.938 bits per heavy atom. The van der Waals surface area contributed by atoms with E-state index in [1.165, 1.54) is 6.26 Å². The molecule has 0 fully saturated rings. The van der Waals surface area contributed by atoms with Crippen molar-refractivity contribution in [2.24, 2.45) is 0 Å². The molecule has 1 atom stereocenters. The van der Waals surface area contributed by atoms with Crippen molar-refractivity contribution in [1.29, 1.82) is 0 Å². The van der Waals surface area contributed by atoms with Gasteiger partial charge in [-0.1, -0.05) is 53.5 Å². The van der Waals surface area contributed by atoms with Crippen molar-refractivity contribution in [2.45, 2.75) is 10.9 Å². The Morgan fingerprint density at radius 2 is 1.53 bits per heavy atom. The van der Waals surface area contributed by atoms with Crippen LogP contribution in [0.25, 0.3) is 0 Å². The van der Waals surface area contributed by atoms with Crippen molar-refractivity contribution >= 4 is 61.7 Å². The van der Waals surface area contributed by atoms with Crippen molar-refractivity contribution < 1.29 is 8.42 Å². The van der Waals surface area contributed by atoms with Gasteiger partial charge >= 0.3 is 0 Å². The topological polar surface area (TPSA) is 61.4 Å². The first kappa shape index (κ1) is 24.3. The molecule has 0 aliphatic heterocycles. The molecule has 0 radical (unpaired) electrons. The van der Waals surface area contributed by atoms with Crippen LogP contribution in [0.4, 0.5) is 11.4 Å². The maximum Gasteiger partial charge on any atom is 0.175 e. The first-order valence-electron chi connectivity index (χ1n) is 9.65. The molecule has 3 aromatic rings. The summed E-state index contributed by atoms with van der Waals surface area (Å²) in [6.45, 7) is 0. The van der Waals surface area contributed by atoms with Gasteiger partial charge in [0.1, 0.15) is 0 Å². The van der Waals surface area contributed by atoms with Crippen LogP contribution in [0.15, 0.2) is 71.6 Å². The number of anilines is 2. The minimum Gasteiger partial charge on any atom is -0.378 e. The normalized spacial score (nSPS) is 12.2. The molecule has 168 valence electrons. The fourth-order valence-corrected chi connectivity index (χ4v) is 4.49. The molecule has 5 nitrogen and oxygen atoms in total. The minimum atomic E-state index is -3.30. The molecule has 3 aromatic carbocycles. The molecule has 1 unspecified atom stereocenters. The Morgan fingerprint density at radius 3 is 2.09 bits per heavy atom. The molecule has 0 bridgehead atoms. The largest absolute Gasteiger partial charge is 0.378 e. The lowest BCUT2D eigenvalue weighted by atomic mass is 9.98. The van der Waals surface area contributed by atoms with E-state index >= 15 is 0 Å². The summed E-state index contributed by atoms with van der Waals surface area (Å²) in [5, 5.41) is 7.61. The number of hydrogen-bond acceptors (Lipinski definition) is 4. The summed E-state index contributed by atoms with van der Waals surface area (Å²) in [6.07, 6.45) is 1.19. The van der Waals surface area contributed by atoms with E-state index in [9.17, 15) is 8.42 Å². The van der Waals surface area contributed by atoms with E-state index in [1.54, 1.807) is 42.5 Å². The Bertz CT molecular complexity index is 1210. The van der Waals surface area contributed by atoms with Gasteiger partial charge in [0.25, 0.3) is 0 Å². The molecule has 0 aromatic heterocycles. The Balaban J connectivity index is 1.97. The highest BCUT2D eigenvalue weighted by Crippen LogP contribution is 2.31. The summed E-state index contributed by atoms with van der Waals surface area (Å²) in [6, 6.07) is 19.6. The SMILES string of the molecule is CN(C)c1cccc(C(NC(=S)Nc2c(Cl)cccc2Cl)c2ccc(S(C)(=O)=O)cc2)c1. The average molecular weight is 508 g/mol. The number of benzene rings is 3. The smallest absolute Gasteiger partial charge is 0.175 e. The van der Waals surface area contributed by atoms with Crippen molar-refractivity contribution in [1.82, 2.24) is 5.32 Å². The third kappa shape index (κ3) is 5.92. The van der Waals surface area contributed by atoms with Crippen molar-refractivity contribution in [2.75, 3.05) is 30.6 Å². The predicted octanol–water partition coefficient (Wildman–Crippen LogP) is 5.54. The fourth-order valence-electron chi connectivity index (χ4n) is 3.15. The standard InChI is InChI=1S/C23H23Cl2N3O2S2/c1-28(2)17-7-4-6-16(14-17)21(15-10-12-18(13-11-15)32(3,29)30)26-23(31)27-22-19(24)8-5-9-20(22)25/h4-14,21H,1-3H3,(H2,26,27,31). The van der Waals surface area contributed by atoms with Gasteiger partial charge in [-0.2, -0.15) is 0 Å². The summed E-state index contributed by atoms with van der Waals surface area (Å²) in [5.74, 6) is 0. The first-order valence-corrected chi connectivity index (χ1v) is 12.7. The van der Waals surface area contributed by atoms with Gasteiger partial charge in [0.2, 0.25) is 0 Å². The predicted molar refractivity (Wildman–Crippen MR) is 138 cm³/mol. The number of nitrogens with zero attached hydrogens (tertiary/aromatic N) is 1. The van der Waals surface area contributed by atoms with Crippen molar-refractivity contribution in [3.63, 3.8) is 0 Å². The molecule has 0 heterocycles. The Kier molecular flexibility index (Phi) is 7.67. The molecule has 0 aliphatic carbocycles. The zero-order valence-electron chi connectivity index (χ0n) is 17.8. The highest BCUT2D eigenvalue weighted by atomic mass is 35.5. The summed E-state index contributed by atoms with van der Waals surface area (Å²) in [4.78, 5) is 2.26. The zero-order chi connectivity index (χ0) is 23.5.